The van der Waals surface area contributed by atoms with Crippen molar-refractivity contribution in [3.63, 3.8) is 0 Å². The van der Waals surface area contributed by atoms with Crippen molar-refractivity contribution in [1.29, 1.82) is 0 Å². The van der Waals surface area contributed by atoms with E-state index in [2.05, 4.69) is 0 Å². The number of hydrogen-bond donors (Lipinski definition) is 3. The minimum absolute atomic E-state index is 0.196. The zero-order valence-corrected chi connectivity index (χ0v) is 7.00. The standard InChI is InChI=1S/C7H16N2O2/c1-6(2)7(10,4-9)5(3-8)11-6/h5,10H,3-4,8-9H2,1-2H3/t5-,7?/m0/s1. The fourth-order valence-electron chi connectivity index (χ4n) is 1.51. The van der Waals surface area contributed by atoms with E-state index in [1.807, 2.05) is 13.8 Å². The molecule has 1 rings (SSSR count). The van der Waals surface area contributed by atoms with Crippen molar-refractivity contribution in [2.24, 2.45) is 11.5 Å². The second kappa shape index (κ2) is 2.42. The molecule has 0 spiro atoms. The van der Waals surface area contributed by atoms with Crippen LogP contribution in [0.15, 0.2) is 0 Å². The van der Waals surface area contributed by atoms with Gasteiger partial charge >= 0.3 is 0 Å². The normalized spacial score (nSPS) is 41.7. The molecule has 1 saturated heterocycles. The number of hydrogen-bond acceptors (Lipinski definition) is 4. The summed E-state index contributed by atoms with van der Waals surface area (Å²) in [7, 11) is 0. The summed E-state index contributed by atoms with van der Waals surface area (Å²) in [4.78, 5) is 0. The molecule has 5 N–H and O–H groups in total. The summed E-state index contributed by atoms with van der Waals surface area (Å²) in [6, 6.07) is 0. The summed E-state index contributed by atoms with van der Waals surface area (Å²) < 4.78 is 5.33. The third kappa shape index (κ3) is 0.980. The van der Waals surface area contributed by atoms with Crippen LogP contribution in [-0.2, 0) is 4.74 Å². The van der Waals surface area contributed by atoms with E-state index in [4.69, 9.17) is 16.2 Å². The van der Waals surface area contributed by atoms with Gasteiger partial charge in [0.1, 0.15) is 11.7 Å². The third-order valence-corrected chi connectivity index (χ3v) is 2.54. The molecule has 0 aromatic carbocycles. The minimum Gasteiger partial charge on any atom is -0.383 e. The molecule has 0 aromatic heterocycles. The molecule has 11 heavy (non-hydrogen) atoms. The van der Waals surface area contributed by atoms with Gasteiger partial charge in [-0.15, -0.1) is 0 Å². The summed E-state index contributed by atoms with van der Waals surface area (Å²) in [6.07, 6.45) is -0.303. The van der Waals surface area contributed by atoms with Crippen LogP contribution in [0, 0.1) is 0 Å². The van der Waals surface area contributed by atoms with Gasteiger partial charge in [-0.3, -0.25) is 0 Å². The summed E-state index contributed by atoms with van der Waals surface area (Å²) in [5, 5.41) is 9.88. The Kier molecular flexibility index (Phi) is 1.96. The molecule has 1 fully saturated rings. The lowest BCUT2D eigenvalue weighted by Gasteiger charge is -2.57. The lowest BCUT2D eigenvalue weighted by Crippen LogP contribution is -2.76. The molecule has 0 bridgehead atoms. The molecule has 2 atom stereocenters. The van der Waals surface area contributed by atoms with Gasteiger partial charge in [0.2, 0.25) is 0 Å². The van der Waals surface area contributed by atoms with Crippen LogP contribution in [0.25, 0.3) is 0 Å². The lowest BCUT2D eigenvalue weighted by molar-refractivity contribution is -0.328. The van der Waals surface area contributed by atoms with Gasteiger partial charge in [0.15, 0.2) is 0 Å². The predicted octanol–water partition coefficient (Wildman–Crippen LogP) is -1.19. The van der Waals surface area contributed by atoms with Gasteiger partial charge in [-0.1, -0.05) is 0 Å². The Balaban J connectivity index is 2.71. The third-order valence-electron chi connectivity index (χ3n) is 2.54. The number of ether oxygens (including phenoxy) is 1. The number of rotatable bonds is 2. The zero-order valence-electron chi connectivity index (χ0n) is 7.00. The highest BCUT2D eigenvalue weighted by Crippen LogP contribution is 2.41. The maximum Gasteiger partial charge on any atom is 0.132 e. The van der Waals surface area contributed by atoms with Crippen LogP contribution in [0.3, 0.4) is 0 Å². The average molecular weight is 160 g/mol. The molecule has 4 heteroatoms. The van der Waals surface area contributed by atoms with Crippen molar-refractivity contribution in [3.05, 3.63) is 0 Å². The molecule has 4 nitrogen and oxygen atoms in total. The van der Waals surface area contributed by atoms with E-state index in [1.54, 1.807) is 0 Å². The van der Waals surface area contributed by atoms with E-state index >= 15 is 0 Å². The van der Waals surface area contributed by atoms with Gasteiger partial charge < -0.3 is 21.3 Å². The first-order valence-electron chi connectivity index (χ1n) is 3.78. The summed E-state index contributed by atoms with van der Waals surface area (Å²) >= 11 is 0. The van der Waals surface area contributed by atoms with Crippen LogP contribution in [0.5, 0.6) is 0 Å². The largest absolute Gasteiger partial charge is 0.383 e. The second-order valence-electron chi connectivity index (χ2n) is 3.48. The number of nitrogens with two attached hydrogens (primary N) is 2. The van der Waals surface area contributed by atoms with Gasteiger partial charge in [0, 0.05) is 13.1 Å². The Morgan fingerprint density at radius 3 is 2.18 bits per heavy atom. The summed E-state index contributed by atoms with van der Waals surface area (Å²) in [5.41, 5.74) is 9.30. The smallest absolute Gasteiger partial charge is 0.132 e. The van der Waals surface area contributed by atoms with E-state index in [-0.39, 0.29) is 12.6 Å². The van der Waals surface area contributed by atoms with E-state index in [9.17, 15) is 5.11 Å². The Bertz CT molecular complexity index is 161. The average Bonchev–Trinajstić information content (AvgIpc) is 1.98. The van der Waals surface area contributed by atoms with E-state index in [0.29, 0.717) is 6.54 Å². The SMILES string of the molecule is CC1(C)O[C@@H](CN)C1(O)CN. The molecule has 1 heterocycles. The second-order valence-corrected chi connectivity index (χ2v) is 3.48. The van der Waals surface area contributed by atoms with Crippen molar-refractivity contribution >= 4 is 0 Å². The topological polar surface area (TPSA) is 81.5 Å². The van der Waals surface area contributed by atoms with E-state index < -0.39 is 11.2 Å². The fourth-order valence-corrected chi connectivity index (χ4v) is 1.51. The molecule has 0 amide bonds. The molecule has 1 unspecified atom stereocenters. The molecule has 1 aliphatic heterocycles. The van der Waals surface area contributed by atoms with Crippen LogP contribution >= 0.6 is 0 Å². The van der Waals surface area contributed by atoms with Crippen molar-refractivity contribution in [3.8, 4) is 0 Å². The minimum atomic E-state index is -0.943. The maximum atomic E-state index is 9.88. The summed E-state index contributed by atoms with van der Waals surface area (Å²) in [6.45, 7) is 4.14. The van der Waals surface area contributed by atoms with E-state index in [0.717, 1.165) is 0 Å². The first-order valence-corrected chi connectivity index (χ1v) is 3.78. The van der Waals surface area contributed by atoms with Crippen molar-refractivity contribution in [1.82, 2.24) is 0 Å². The Hall–Kier alpha value is -0.160. The highest BCUT2D eigenvalue weighted by molar-refractivity contribution is 5.10. The van der Waals surface area contributed by atoms with Crippen molar-refractivity contribution < 1.29 is 9.84 Å². The monoisotopic (exact) mass is 160 g/mol. The quantitative estimate of drug-likeness (QED) is 0.474. The zero-order chi connectivity index (χ0) is 8.70. The van der Waals surface area contributed by atoms with Crippen LogP contribution < -0.4 is 11.5 Å². The van der Waals surface area contributed by atoms with Gasteiger partial charge in [0.25, 0.3) is 0 Å². The lowest BCUT2D eigenvalue weighted by atomic mass is 9.74. The molecule has 0 saturated carbocycles. The summed E-state index contributed by atoms with van der Waals surface area (Å²) in [5.74, 6) is 0. The molecular formula is C7H16N2O2. The molecular weight excluding hydrogens is 144 g/mol. The molecule has 0 aromatic rings. The predicted molar refractivity (Wildman–Crippen MR) is 42.0 cm³/mol. The van der Waals surface area contributed by atoms with Crippen molar-refractivity contribution in [2.45, 2.75) is 31.2 Å². The first kappa shape index (κ1) is 8.93. The molecule has 0 radical (unpaired) electrons. The first-order chi connectivity index (χ1) is 4.98. The highest BCUT2D eigenvalue weighted by Gasteiger charge is 2.60. The fraction of sp³-hybridized carbons (Fsp3) is 1.00. The molecule has 0 aliphatic carbocycles. The van der Waals surface area contributed by atoms with Gasteiger partial charge in [-0.2, -0.15) is 0 Å². The Labute approximate surface area is 66.5 Å². The highest BCUT2D eigenvalue weighted by atomic mass is 16.6. The van der Waals surface area contributed by atoms with E-state index in [1.165, 1.54) is 0 Å². The van der Waals surface area contributed by atoms with Gasteiger partial charge in [-0.05, 0) is 13.8 Å². The van der Waals surface area contributed by atoms with Gasteiger partial charge in [-0.25, -0.2) is 0 Å². The van der Waals surface area contributed by atoms with Gasteiger partial charge in [0.05, 0.1) is 5.60 Å². The van der Waals surface area contributed by atoms with Crippen LogP contribution in [0.4, 0.5) is 0 Å². The Morgan fingerprint density at radius 1 is 1.45 bits per heavy atom. The van der Waals surface area contributed by atoms with Crippen LogP contribution in [0.2, 0.25) is 0 Å². The number of aliphatic hydroxyl groups is 1. The van der Waals surface area contributed by atoms with Crippen LogP contribution in [-0.4, -0.2) is 35.5 Å². The Morgan fingerprint density at radius 2 is 2.00 bits per heavy atom. The molecule has 66 valence electrons. The maximum absolute atomic E-state index is 9.88. The van der Waals surface area contributed by atoms with Crippen LogP contribution in [0.1, 0.15) is 13.8 Å². The molecule has 1 aliphatic rings. The van der Waals surface area contributed by atoms with Crippen molar-refractivity contribution in [2.75, 3.05) is 13.1 Å².